The minimum absolute atomic E-state index is 0.302. The second-order valence-corrected chi connectivity index (χ2v) is 6.73. The van der Waals surface area contributed by atoms with E-state index in [4.69, 9.17) is 4.74 Å². The van der Waals surface area contributed by atoms with Gasteiger partial charge in [0, 0.05) is 30.6 Å². The number of tetrazole rings is 1. The molecule has 8 nitrogen and oxygen atoms in total. The second-order valence-electron chi connectivity index (χ2n) is 6.73. The summed E-state index contributed by atoms with van der Waals surface area (Å²) in [6, 6.07) is 11.6. The third-order valence-electron chi connectivity index (χ3n) is 4.74. The molecule has 0 saturated heterocycles. The van der Waals surface area contributed by atoms with Gasteiger partial charge in [-0.1, -0.05) is 12.1 Å². The summed E-state index contributed by atoms with van der Waals surface area (Å²) in [7, 11) is 1.57. The molecule has 8 heteroatoms. The number of nitrogens with zero attached hydrogens (tertiary/aromatic N) is 6. The van der Waals surface area contributed by atoms with Crippen molar-refractivity contribution >= 4 is 0 Å². The second kappa shape index (κ2) is 7.67. The Morgan fingerprint density at radius 3 is 2.59 bits per heavy atom. The Labute approximate surface area is 167 Å². The summed E-state index contributed by atoms with van der Waals surface area (Å²) in [6.45, 7) is 4.27. The van der Waals surface area contributed by atoms with Crippen molar-refractivity contribution in [2.24, 2.45) is 7.05 Å². The minimum Gasteiger partial charge on any atom is -0.489 e. The number of rotatable bonds is 5. The molecule has 4 rings (SSSR count). The highest BCUT2D eigenvalue weighted by Gasteiger charge is 2.14. The third kappa shape index (κ3) is 3.64. The van der Waals surface area contributed by atoms with Gasteiger partial charge in [0.05, 0.1) is 17.6 Å². The molecule has 2 aromatic carbocycles. The molecular weight excluding hydrogens is 368 g/mol. The van der Waals surface area contributed by atoms with Crippen LogP contribution in [0.15, 0.2) is 59.8 Å². The first-order chi connectivity index (χ1) is 14.0. The van der Waals surface area contributed by atoms with Crippen molar-refractivity contribution in [3.05, 3.63) is 82.2 Å². The summed E-state index contributed by atoms with van der Waals surface area (Å²) >= 11 is 0. The first-order valence-electron chi connectivity index (χ1n) is 9.12. The molecule has 0 saturated carbocycles. The molecule has 0 atom stereocenters. The van der Waals surface area contributed by atoms with Crippen molar-refractivity contribution in [3.8, 4) is 22.7 Å². The maximum atomic E-state index is 12.3. The maximum absolute atomic E-state index is 12.3. The van der Waals surface area contributed by atoms with E-state index in [2.05, 4.69) is 20.4 Å². The first kappa shape index (κ1) is 18.5. The van der Waals surface area contributed by atoms with Crippen molar-refractivity contribution in [1.29, 1.82) is 0 Å². The summed E-state index contributed by atoms with van der Waals surface area (Å²) in [5.74, 6) is 0.762. The molecule has 0 amide bonds. The molecule has 0 aliphatic carbocycles. The van der Waals surface area contributed by atoms with E-state index < -0.39 is 0 Å². The number of aromatic nitrogens is 6. The van der Waals surface area contributed by atoms with Crippen LogP contribution in [0.5, 0.6) is 5.75 Å². The lowest BCUT2D eigenvalue weighted by Crippen LogP contribution is -2.23. The van der Waals surface area contributed by atoms with Crippen LogP contribution < -0.4 is 10.4 Å². The molecule has 2 heterocycles. The predicted molar refractivity (Wildman–Crippen MR) is 108 cm³/mol. The van der Waals surface area contributed by atoms with Crippen molar-refractivity contribution in [3.63, 3.8) is 0 Å². The van der Waals surface area contributed by atoms with E-state index in [1.807, 2.05) is 50.2 Å². The molecule has 0 radical (unpaired) electrons. The molecular formula is C21H20N6O2. The average Bonchev–Trinajstić information content (AvgIpc) is 3.07. The summed E-state index contributed by atoms with van der Waals surface area (Å²) in [4.78, 5) is 20.7. The Balaban J connectivity index is 1.62. The summed E-state index contributed by atoms with van der Waals surface area (Å²) in [6.07, 6.45) is 5.05. The molecule has 0 aliphatic rings. The van der Waals surface area contributed by atoms with Crippen LogP contribution in [0.1, 0.15) is 16.7 Å². The Hall–Kier alpha value is -3.81. The molecule has 4 aromatic rings. The van der Waals surface area contributed by atoms with E-state index in [1.54, 1.807) is 25.6 Å². The van der Waals surface area contributed by atoms with Crippen LogP contribution in [0, 0.1) is 13.8 Å². The molecule has 29 heavy (non-hydrogen) atoms. The van der Waals surface area contributed by atoms with Gasteiger partial charge in [-0.2, -0.15) is 9.36 Å². The van der Waals surface area contributed by atoms with Gasteiger partial charge in [0.15, 0.2) is 0 Å². The van der Waals surface area contributed by atoms with Crippen LogP contribution >= 0.6 is 0 Å². The zero-order chi connectivity index (χ0) is 20.4. The Morgan fingerprint density at radius 2 is 1.90 bits per heavy atom. The zero-order valence-corrected chi connectivity index (χ0v) is 16.4. The Bertz CT molecular complexity index is 1210. The normalized spacial score (nSPS) is 10.9. The van der Waals surface area contributed by atoms with Gasteiger partial charge in [0.25, 0.3) is 0 Å². The molecule has 146 valence electrons. The fraction of sp³-hybridized carbons (Fsp3) is 0.190. The maximum Gasteiger partial charge on any atom is 0.368 e. The first-order valence-corrected chi connectivity index (χ1v) is 9.12. The van der Waals surface area contributed by atoms with Crippen molar-refractivity contribution in [2.45, 2.75) is 20.5 Å². The van der Waals surface area contributed by atoms with Crippen molar-refractivity contribution in [1.82, 2.24) is 29.8 Å². The van der Waals surface area contributed by atoms with E-state index in [0.29, 0.717) is 12.3 Å². The van der Waals surface area contributed by atoms with E-state index in [1.165, 1.54) is 9.36 Å². The zero-order valence-electron chi connectivity index (χ0n) is 16.4. The van der Waals surface area contributed by atoms with Gasteiger partial charge in [-0.05, 0) is 59.7 Å². The minimum atomic E-state index is -0.304. The van der Waals surface area contributed by atoms with Gasteiger partial charge >= 0.3 is 5.69 Å². The molecule has 0 fully saturated rings. The van der Waals surface area contributed by atoms with Gasteiger partial charge in [0.1, 0.15) is 12.4 Å². The summed E-state index contributed by atoms with van der Waals surface area (Å²) in [5.41, 5.74) is 5.02. The summed E-state index contributed by atoms with van der Waals surface area (Å²) in [5, 5.41) is 7.75. The quantitative estimate of drug-likeness (QED) is 0.522. The van der Waals surface area contributed by atoms with Gasteiger partial charge in [-0.15, -0.1) is 0 Å². The standard InChI is InChI=1S/C21H20N6O2/c1-14-5-4-6-19(27-21(28)26(3)24-25-27)17(14)13-29-20-8-7-16(11-15(20)2)18-12-22-9-10-23-18/h4-12H,13H2,1-3H3. The molecule has 0 aliphatic heterocycles. The van der Waals surface area contributed by atoms with Crippen LogP contribution in [0.3, 0.4) is 0 Å². The van der Waals surface area contributed by atoms with Crippen LogP contribution in [0.2, 0.25) is 0 Å². The van der Waals surface area contributed by atoms with E-state index in [0.717, 1.165) is 33.7 Å². The van der Waals surface area contributed by atoms with Crippen LogP contribution in [0.25, 0.3) is 16.9 Å². The molecule has 2 aromatic heterocycles. The SMILES string of the molecule is Cc1cc(-c2cnccn2)ccc1OCc1c(C)cccc1-n1nnn(C)c1=O. The number of aryl methyl sites for hydroxylation is 3. The lowest BCUT2D eigenvalue weighted by molar-refractivity contribution is 0.302. The largest absolute Gasteiger partial charge is 0.489 e. The molecule has 0 spiro atoms. The number of hydrogen-bond acceptors (Lipinski definition) is 6. The Kier molecular flexibility index (Phi) is 4.90. The smallest absolute Gasteiger partial charge is 0.368 e. The highest BCUT2D eigenvalue weighted by molar-refractivity contribution is 5.61. The van der Waals surface area contributed by atoms with E-state index in [9.17, 15) is 4.79 Å². The Morgan fingerprint density at radius 1 is 1.03 bits per heavy atom. The monoisotopic (exact) mass is 388 g/mol. The lowest BCUT2D eigenvalue weighted by atomic mass is 10.1. The van der Waals surface area contributed by atoms with Gasteiger partial charge < -0.3 is 4.74 Å². The predicted octanol–water partition coefficient (Wildman–Crippen LogP) is 2.62. The topological polar surface area (TPSA) is 87.7 Å². The van der Waals surface area contributed by atoms with E-state index in [-0.39, 0.29) is 5.69 Å². The molecule has 0 bridgehead atoms. The fourth-order valence-electron chi connectivity index (χ4n) is 3.11. The van der Waals surface area contributed by atoms with Crippen molar-refractivity contribution < 1.29 is 4.74 Å². The molecule has 0 N–H and O–H groups in total. The lowest BCUT2D eigenvalue weighted by Gasteiger charge is -2.14. The fourth-order valence-corrected chi connectivity index (χ4v) is 3.11. The summed E-state index contributed by atoms with van der Waals surface area (Å²) < 4.78 is 8.58. The number of hydrogen-bond donors (Lipinski definition) is 0. The average molecular weight is 388 g/mol. The highest BCUT2D eigenvalue weighted by Crippen LogP contribution is 2.26. The number of benzene rings is 2. The van der Waals surface area contributed by atoms with Crippen LogP contribution in [0.4, 0.5) is 0 Å². The van der Waals surface area contributed by atoms with Crippen molar-refractivity contribution in [2.75, 3.05) is 0 Å². The molecule has 0 unspecified atom stereocenters. The number of ether oxygens (including phenoxy) is 1. The van der Waals surface area contributed by atoms with Crippen LogP contribution in [-0.4, -0.2) is 29.8 Å². The van der Waals surface area contributed by atoms with Gasteiger partial charge in [-0.3, -0.25) is 9.97 Å². The van der Waals surface area contributed by atoms with Gasteiger partial charge in [0.2, 0.25) is 0 Å². The van der Waals surface area contributed by atoms with E-state index >= 15 is 0 Å². The van der Waals surface area contributed by atoms with Gasteiger partial charge in [-0.25, -0.2) is 4.79 Å². The highest BCUT2D eigenvalue weighted by atomic mass is 16.5. The third-order valence-corrected chi connectivity index (χ3v) is 4.74. The van der Waals surface area contributed by atoms with Crippen LogP contribution in [-0.2, 0) is 13.7 Å².